The number of hydrogen-bond donors (Lipinski definition) is 2. The predicted octanol–water partition coefficient (Wildman–Crippen LogP) is 3.41. The van der Waals surface area contributed by atoms with E-state index in [-0.39, 0.29) is 12.5 Å². The van der Waals surface area contributed by atoms with Crippen LogP contribution in [0.5, 0.6) is 5.75 Å². The lowest BCUT2D eigenvalue weighted by atomic mass is 10.2. The van der Waals surface area contributed by atoms with Gasteiger partial charge in [-0.15, -0.1) is 0 Å². The summed E-state index contributed by atoms with van der Waals surface area (Å²) in [5, 5.41) is 12.1. The number of benzene rings is 2. The largest absolute Gasteiger partial charge is 0.489 e. The maximum Gasteiger partial charge on any atom is 0.255 e. The standard InChI is InChI=1S/C20H18N2O3/c23-13-17-9-10-21-12-19(17)22-20(24)16-7-4-8-18(11-16)25-14-15-5-2-1-3-6-15/h1-12,23H,13-14H2,(H,22,24). The molecule has 5 heteroatoms. The molecule has 126 valence electrons. The van der Waals surface area contributed by atoms with Crippen LogP contribution in [0, 0.1) is 0 Å². The first-order valence-corrected chi connectivity index (χ1v) is 7.88. The summed E-state index contributed by atoms with van der Waals surface area (Å²) in [4.78, 5) is 16.4. The number of carbonyl (C=O) groups excluding carboxylic acids is 1. The van der Waals surface area contributed by atoms with Gasteiger partial charge in [0, 0.05) is 17.3 Å². The van der Waals surface area contributed by atoms with Crippen molar-refractivity contribution in [2.24, 2.45) is 0 Å². The highest BCUT2D eigenvalue weighted by Crippen LogP contribution is 2.18. The van der Waals surface area contributed by atoms with Gasteiger partial charge in [-0.1, -0.05) is 36.4 Å². The SMILES string of the molecule is O=C(Nc1cnccc1CO)c1cccc(OCc2ccccc2)c1. The lowest BCUT2D eigenvalue weighted by molar-refractivity contribution is 0.102. The van der Waals surface area contributed by atoms with E-state index in [2.05, 4.69) is 10.3 Å². The number of amides is 1. The minimum absolute atomic E-state index is 0.168. The first-order chi connectivity index (χ1) is 12.3. The fourth-order valence-electron chi connectivity index (χ4n) is 2.34. The first-order valence-electron chi connectivity index (χ1n) is 7.88. The molecule has 5 nitrogen and oxygen atoms in total. The molecule has 0 radical (unpaired) electrons. The van der Waals surface area contributed by atoms with Gasteiger partial charge in [0.2, 0.25) is 0 Å². The summed E-state index contributed by atoms with van der Waals surface area (Å²) in [6.45, 7) is 0.265. The fourth-order valence-corrected chi connectivity index (χ4v) is 2.34. The number of aromatic nitrogens is 1. The zero-order valence-electron chi connectivity index (χ0n) is 13.6. The van der Waals surface area contributed by atoms with Crippen molar-refractivity contribution in [1.29, 1.82) is 0 Å². The molecule has 3 rings (SSSR count). The second kappa shape index (κ2) is 8.08. The van der Waals surface area contributed by atoms with Crippen molar-refractivity contribution in [3.05, 3.63) is 89.7 Å². The van der Waals surface area contributed by atoms with E-state index < -0.39 is 0 Å². The summed E-state index contributed by atoms with van der Waals surface area (Å²) < 4.78 is 5.75. The molecule has 0 bridgehead atoms. The van der Waals surface area contributed by atoms with E-state index in [0.29, 0.717) is 29.2 Å². The Labute approximate surface area is 145 Å². The Bertz CT molecular complexity index is 850. The normalized spacial score (nSPS) is 10.3. The van der Waals surface area contributed by atoms with Crippen molar-refractivity contribution in [3.63, 3.8) is 0 Å². The summed E-state index contributed by atoms with van der Waals surface area (Å²) in [5.74, 6) is 0.331. The lowest BCUT2D eigenvalue weighted by Gasteiger charge is -2.10. The van der Waals surface area contributed by atoms with Crippen LogP contribution >= 0.6 is 0 Å². The highest BCUT2D eigenvalue weighted by Gasteiger charge is 2.10. The van der Waals surface area contributed by atoms with Gasteiger partial charge in [-0.25, -0.2) is 0 Å². The minimum atomic E-state index is -0.284. The maximum absolute atomic E-state index is 12.4. The van der Waals surface area contributed by atoms with E-state index >= 15 is 0 Å². The van der Waals surface area contributed by atoms with E-state index in [0.717, 1.165) is 5.56 Å². The monoisotopic (exact) mass is 334 g/mol. The Balaban J connectivity index is 1.69. The molecule has 0 aliphatic carbocycles. The van der Waals surface area contributed by atoms with Gasteiger partial charge in [0.1, 0.15) is 12.4 Å². The van der Waals surface area contributed by atoms with Crippen LogP contribution in [-0.2, 0) is 13.2 Å². The molecule has 1 heterocycles. The second-order valence-corrected chi connectivity index (χ2v) is 5.45. The highest BCUT2D eigenvalue weighted by molar-refractivity contribution is 6.04. The van der Waals surface area contributed by atoms with E-state index in [9.17, 15) is 9.90 Å². The molecule has 0 aliphatic heterocycles. The van der Waals surface area contributed by atoms with Gasteiger partial charge < -0.3 is 15.2 Å². The van der Waals surface area contributed by atoms with Gasteiger partial charge in [-0.05, 0) is 29.8 Å². The summed E-state index contributed by atoms with van der Waals surface area (Å²) in [6, 6.07) is 18.5. The zero-order chi connectivity index (χ0) is 17.5. The molecule has 3 aromatic rings. The van der Waals surface area contributed by atoms with Crippen molar-refractivity contribution < 1.29 is 14.6 Å². The molecule has 0 saturated heterocycles. The molecule has 2 aromatic carbocycles. The second-order valence-electron chi connectivity index (χ2n) is 5.45. The summed E-state index contributed by atoms with van der Waals surface area (Å²) in [6.07, 6.45) is 3.08. The molecule has 0 fully saturated rings. The number of ether oxygens (including phenoxy) is 1. The number of nitrogens with zero attached hydrogens (tertiary/aromatic N) is 1. The Kier molecular flexibility index (Phi) is 5.39. The number of anilines is 1. The molecule has 2 N–H and O–H groups in total. The fraction of sp³-hybridized carbons (Fsp3) is 0.100. The van der Waals surface area contributed by atoms with Crippen LogP contribution in [0.1, 0.15) is 21.5 Å². The maximum atomic E-state index is 12.4. The van der Waals surface area contributed by atoms with Crippen LogP contribution in [0.15, 0.2) is 73.1 Å². The molecule has 1 amide bonds. The molecular weight excluding hydrogens is 316 g/mol. The number of hydrogen-bond acceptors (Lipinski definition) is 4. The van der Waals surface area contributed by atoms with Crippen molar-refractivity contribution in [2.45, 2.75) is 13.2 Å². The van der Waals surface area contributed by atoms with Gasteiger partial charge in [0.15, 0.2) is 0 Å². The molecule has 0 aliphatic rings. The van der Waals surface area contributed by atoms with Crippen molar-refractivity contribution in [1.82, 2.24) is 4.98 Å². The van der Waals surface area contributed by atoms with E-state index in [1.807, 2.05) is 36.4 Å². The number of nitrogens with one attached hydrogen (secondary N) is 1. The lowest BCUT2D eigenvalue weighted by Crippen LogP contribution is -2.13. The van der Waals surface area contributed by atoms with Crippen LogP contribution < -0.4 is 10.1 Å². The molecular formula is C20H18N2O3. The number of aliphatic hydroxyl groups is 1. The van der Waals surface area contributed by atoms with Gasteiger partial charge >= 0.3 is 0 Å². The van der Waals surface area contributed by atoms with Crippen LogP contribution in [0.3, 0.4) is 0 Å². The smallest absolute Gasteiger partial charge is 0.255 e. The van der Waals surface area contributed by atoms with Gasteiger partial charge in [0.25, 0.3) is 5.91 Å². The summed E-state index contributed by atoms with van der Waals surface area (Å²) in [7, 11) is 0. The van der Waals surface area contributed by atoms with Crippen LogP contribution in [0.25, 0.3) is 0 Å². The number of pyridine rings is 1. The van der Waals surface area contributed by atoms with E-state index in [4.69, 9.17) is 4.74 Å². The third kappa shape index (κ3) is 4.43. The van der Waals surface area contributed by atoms with Crippen molar-refractivity contribution >= 4 is 11.6 Å². The Morgan fingerprint density at radius 3 is 2.72 bits per heavy atom. The van der Waals surface area contributed by atoms with Crippen LogP contribution in [0.2, 0.25) is 0 Å². The number of aliphatic hydroxyl groups excluding tert-OH is 1. The van der Waals surface area contributed by atoms with Crippen molar-refractivity contribution in [3.8, 4) is 5.75 Å². The van der Waals surface area contributed by atoms with E-state index in [1.165, 1.54) is 6.20 Å². The molecule has 0 saturated carbocycles. The minimum Gasteiger partial charge on any atom is -0.489 e. The molecule has 1 aromatic heterocycles. The Morgan fingerprint density at radius 1 is 1.08 bits per heavy atom. The average Bonchev–Trinajstić information content (AvgIpc) is 2.68. The first kappa shape index (κ1) is 16.7. The quantitative estimate of drug-likeness (QED) is 0.725. The molecule has 0 spiro atoms. The van der Waals surface area contributed by atoms with Gasteiger partial charge in [0.05, 0.1) is 18.5 Å². The zero-order valence-corrected chi connectivity index (χ0v) is 13.6. The Morgan fingerprint density at radius 2 is 1.92 bits per heavy atom. The van der Waals surface area contributed by atoms with Gasteiger partial charge in [-0.3, -0.25) is 9.78 Å². The predicted molar refractivity (Wildman–Crippen MR) is 95.3 cm³/mol. The highest BCUT2D eigenvalue weighted by atomic mass is 16.5. The Hall–Kier alpha value is -3.18. The molecule has 25 heavy (non-hydrogen) atoms. The third-order valence-electron chi connectivity index (χ3n) is 3.67. The topological polar surface area (TPSA) is 71.5 Å². The summed E-state index contributed by atoms with van der Waals surface area (Å²) in [5.41, 5.74) is 2.63. The van der Waals surface area contributed by atoms with Crippen molar-refractivity contribution in [2.75, 3.05) is 5.32 Å². The number of carbonyl (C=O) groups is 1. The third-order valence-corrected chi connectivity index (χ3v) is 3.67. The average molecular weight is 334 g/mol. The van der Waals surface area contributed by atoms with Crippen LogP contribution in [0.4, 0.5) is 5.69 Å². The molecule has 0 unspecified atom stereocenters. The molecule has 0 atom stereocenters. The summed E-state index contributed by atoms with van der Waals surface area (Å²) >= 11 is 0. The van der Waals surface area contributed by atoms with E-state index in [1.54, 1.807) is 30.5 Å². The number of rotatable bonds is 6. The van der Waals surface area contributed by atoms with Crippen LogP contribution in [-0.4, -0.2) is 16.0 Å². The van der Waals surface area contributed by atoms with Gasteiger partial charge in [-0.2, -0.15) is 0 Å².